The van der Waals surface area contributed by atoms with Crippen molar-refractivity contribution in [2.24, 2.45) is 0 Å². The Morgan fingerprint density at radius 1 is 1.00 bits per heavy atom. The molecule has 0 aliphatic heterocycles. The molecule has 0 fully saturated rings. The van der Waals surface area contributed by atoms with E-state index in [1.165, 1.54) is 4.90 Å². The molecule has 3 heterocycles. The van der Waals surface area contributed by atoms with Crippen LogP contribution in [0, 0.1) is 0 Å². The lowest BCUT2D eigenvalue weighted by molar-refractivity contribution is 0.0711. The largest absolute Gasteiger partial charge is 0.467 e. The Hall–Kier alpha value is -3.67. The predicted molar refractivity (Wildman–Crippen MR) is 99.0 cm³/mol. The maximum atomic E-state index is 13.1. The molecule has 0 N–H and O–H groups in total. The maximum absolute atomic E-state index is 13.1. The molecule has 0 bridgehead atoms. The van der Waals surface area contributed by atoms with Crippen molar-refractivity contribution in [3.8, 4) is 0 Å². The highest BCUT2D eigenvalue weighted by molar-refractivity contribution is 5.96. The van der Waals surface area contributed by atoms with Gasteiger partial charge in [-0.05, 0) is 36.4 Å². The summed E-state index contributed by atoms with van der Waals surface area (Å²) >= 11 is 0. The number of amides is 1. The lowest BCUT2D eigenvalue weighted by Gasteiger charge is -2.21. The van der Waals surface area contributed by atoms with Gasteiger partial charge in [0.1, 0.15) is 16.9 Å². The van der Waals surface area contributed by atoms with Crippen LogP contribution in [0.5, 0.6) is 0 Å². The molecule has 1 aromatic carbocycles. The van der Waals surface area contributed by atoms with Gasteiger partial charge in [0.05, 0.1) is 25.0 Å². The molecule has 134 valence electrons. The third kappa shape index (κ3) is 3.64. The van der Waals surface area contributed by atoms with Gasteiger partial charge in [-0.15, -0.1) is 0 Å². The standard InChI is InChI=1S/C21H16N2O4/c24-20(18-12-15-6-1-2-9-19(15)27-21(18)25)23(14-17-8-5-11-26-17)13-16-7-3-4-10-22-16/h1-12H,13-14H2. The van der Waals surface area contributed by atoms with E-state index in [1.54, 1.807) is 54.9 Å². The number of furan rings is 1. The van der Waals surface area contributed by atoms with Crippen molar-refractivity contribution in [3.05, 3.63) is 101 Å². The fourth-order valence-electron chi connectivity index (χ4n) is 2.86. The highest BCUT2D eigenvalue weighted by atomic mass is 16.4. The van der Waals surface area contributed by atoms with E-state index in [0.717, 1.165) is 0 Å². The van der Waals surface area contributed by atoms with Crippen LogP contribution in [-0.4, -0.2) is 15.8 Å². The van der Waals surface area contributed by atoms with Crippen molar-refractivity contribution in [1.29, 1.82) is 0 Å². The maximum Gasteiger partial charge on any atom is 0.349 e. The van der Waals surface area contributed by atoms with Gasteiger partial charge in [-0.2, -0.15) is 0 Å². The molecule has 3 aromatic heterocycles. The van der Waals surface area contributed by atoms with Crippen LogP contribution in [-0.2, 0) is 13.1 Å². The minimum atomic E-state index is -0.663. The molecule has 0 radical (unpaired) electrons. The topological polar surface area (TPSA) is 76.6 Å². The smallest absolute Gasteiger partial charge is 0.349 e. The third-order valence-corrected chi connectivity index (χ3v) is 4.16. The summed E-state index contributed by atoms with van der Waals surface area (Å²) in [6.45, 7) is 0.460. The van der Waals surface area contributed by atoms with Gasteiger partial charge >= 0.3 is 5.63 Å². The second kappa shape index (κ2) is 7.29. The fourth-order valence-corrected chi connectivity index (χ4v) is 2.86. The average Bonchev–Trinajstić information content (AvgIpc) is 3.20. The summed E-state index contributed by atoms with van der Waals surface area (Å²) in [6.07, 6.45) is 3.21. The molecular weight excluding hydrogens is 344 g/mol. The molecule has 1 amide bonds. The molecule has 4 aromatic rings. The summed E-state index contributed by atoms with van der Waals surface area (Å²) in [4.78, 5) is 31.3. The lowest BCUT2D eigenvalue weighted by Crippen LogP contribution is -2.33. The first-order chi connectivity index (χ1) is 13.2. The van der Waals surface area contributed by atoms with E-state index in [-0.39, 0.29) is 18.7 Å². The summed E-state index contributed by atoms with van der Waals surface area (Å²) in [7, 11) is 0. The van der Waals surface area contributed by atoms with Gasteiger partial charge in [-0.3, -0.25) is 9.78 Å². The minimum absolute atomic E-state index is 0.0174. The number of para-hydroxylation sites is 1. The molecule has 0 spiro atoms. The number of benzene rings is 1. The van der Waals surface area contributed by atoms with Crippen molar-refractivity contribution in [3.63, 3.8) is 0 Å². The Bertz CT molecular complexity index is 1120. The highest BCUT2D eigenvalue weighted by Gasteiger charge is 2.22. The van der Waals surface area contributed by atoms with Crippen molar-refractivity contribution < 1.29 is 13.6 Å². The van der Waals surface area contributed by atoms with E-state index in [2.05, 4.69) is 4.98 Å². The Kier molecular flexibility index (Phi) is 4.53. The van der Waals surface area contributed by atoms with Crippen molar-refractivity contribution in [2.75, 3.05) is 0 Å². The zero-order valence-electron chi connectivity index (χ0n) is 14.4. The van der Waals surface area contributed by atoms with Crippen LogP contribution < -0.4 is 5.63 Å². The quantitative estimate of drug-likeness (QED) is 0.508. The lowest BCUT2D eigenvalue weighted by atomic mass is 10.1. The minimum Gasteiger partial charge on any atom is -0.467 e. The second-order valence-electron chi connectivity index (χ2n) is 6.05. The molecule has 0 aliphatic rings. The first-order valence-electron chi connectivity index (χ1n) is 8.45. The number of pyridine rings is 1. The van der Waals surface area contributed by atoms with Crippen LogP contribution in [0.2, 0.25) is 0 Å². The molecular formula is C21H16N2O4. The van der Waals surface area contributed by atoms with Crippen molar-refractivity contribution >= 4 is 16.9 Å². The van der Waals surface area contributed by atoms with Gasteiger partial charge in [0, 0.05) is 11.6 Å². The number of rotatable bonds is 5. The zero-order chi connectivity index (χ0) is 18.6. The highest BCUT2D eigenvalue weighted by Crippen LogP contribution is 2.16. The molecule has 27 heavy (non-hydrogen) atoms. The number of carbonyl (C=O) groups excluding carboxylic acids is 1. The van der Waals surface area contributed by atoms with Gasteiger partial charge in [-0.1, -0.05) is 24.3 Å². The summed E-state index contributed by atoms with van der Waals surface area (Å²) in [5.74, 6) is 0.181. The number of fused-ring (bicyclic) bond motifs is 1. The van der Waals surface area contributed by atoms with Crippen LogP contribution in [0.25, 0.3) is 11.0 Å². The van der Waals surface area contributed by atoms with E-state index in [4.69, 9.17) is 8.83 Å². The van der Waals surface area contributed by atoms with E-state index in [0.29, 0.717) is 22.4 Å². The zero-order valence-corrected chi connectivity index (χ0v) is 14.4. The van der Waals surface area contributed by atoms with E-state index < -0.39 is 11.5 Å². The molecule has 4 rings (SSSR count). The van der Waals surface area contributed by atoms with Gasteiger partial charge in [0.2, 0.25) is 0 Å². The summed E-state index contributed by atoms with van der Waals surface area (Å²) in [6, 6.07) is 17.7. The van der Waals surface area contributed by atoms with E-state index in [1.807, 2.05) is 18.2 Å². The molecule has 6 heteroatoms. The molecule has 0 saturated carbocycles. The van der Waals surface area contributed by atoms with Gasteiger partial charge in [0.15, 0.2) is 0 Å². The Morgan fingerprint density at radius 3 is 2.63 bits per heavy atom. The van der Waals surface area contributed by atoms with Gasteiger partial charge in [-0.25, -0.2) is 4.79 Å². The Morgan fingerprint density at radius 2 is 1.85 bits per heavy atom. The molecule has 0 unspecified atom stereocenters. The normalized spacial score (nSPS) is 10.8. The number of hydrogen-bond acceptors (Lipinski definition) is 5. The summed E-state index contributed by atoms with van der Waals surface area (Å²) < 4.78 is 10.7. The SMILES string of the molecule is O=C(c1cc2ccccc2oc1=O)N(Cc1ccccn1)Cc1ccco1. The molecule has 6 nitrogen and oxygen atoms in total. The van der Waals surface area contributed by atoms with Crippen LogP contribution in [0.1, 0.15) is 21.8 Å². The predicted octanol–water partition coefficient (Wildman–Crippen LogP) is 3.62. The Balaban J connectivity index is 1.71. The number of nitrogens with zero attached hydrogens (tertiary/aromatic N) is 2. The summed E-state index contributed by atoms with van der Waals surface area (Å²) in [5, 5.41) is 0.691. The average molecular weight is 360 g/mol. The number of aromatic nitrogens is 1. The van der Waals surface area contributed by atoms with Crippen molar-refractivity contribution in [2.45, 2.75) is 13.1 Å². The van der Waals surface area contributed by atoms with E-state index >= 15 is 0 Å². The van der Waals surface area contributed by atoms with Gasteiger partial charge < -0.3 is 13.7 Å². The fraction of sp³-hybridized carbons (Fsp3) is 0.0952. The molecule has 0 saturated heterocycles. The second-order valence-corrected chi connectivity index (χ2v) is 6.05. The van der Waals surface area contributed by atoms with Crippen LogP contribution >= 0.6 is 0 Å². The first kappa shape index (κ1) is 16.8. The van der Waals surface area contributed by atoms with E-state index in [9.17, 15) is 9.59 Å². The Labute approximate surface area is 154 Å². The number of hydrogen-bond donors (Lipinski definition) is 0. The monoisotopic (exact) mass is 360 g/mol. The van der Waals surface area contributed by atoms with Crippen LogP contribution in [0.4, 0.5) is 0 Å². The first-order valence-corrected chi connectivity index (χ1v) is 8.45. The van der Waals surface area contributed by atoms with Crippen LogP contribution in [0.3, 0.4) is 0 Å². The molecule has 0 atom stereocenters. The summed E-state index contributed by atoms with van der Waals surface area (Å²) in [5.41, 5.74) is 0.476. The van der Waals surface area contributed by atoms with Crippen molar-refractivity contribution in [1.82, 2.24) is 9.88 Å². The van der Waals surface area contributed by atoms with Gasteiger partial charge in [0.25, 0.3) is 5.91 Å². The van der Waals surface area contributed by atoms with Crippen LogP contribution in [0.15, 0.2) is 86.8 Å². The molecule has 0 aliphatic carbocycles. The third-order valence-electron chi connectivity index (χ3n) is 4.16. The number of carbonyl (C=O) groups is 1.